The van der Waals surface area contributed by atoms with Crippen LogP contribution in [0.2, 0.25) is 5.02 Å². The van der Waals surface area contributed by atoms with E-state index in [0.717, 1.165) is 11.1 Å². The Kier molecular flexibility index (Phi) is 4.43. The molecule has 0 saturated carbocycles. The summed E-state index contributed by atoms with van der Waals surface area (Å²) < 4.78 is 5.16. The second-order valence-corrected chi connectivity index (χ2v) is 5.03. The van der Waals surface area contributed by atoms with E-state index in [1.807, 2.05) is 44.2 Å². The van der Waals surface area contributed by atoms with Crippen LogP contribution in [-0.2, 0) is 9.53 Å². The second kappa shape index (κ2) is 6.07. The van der Waals surface area contributed by atoms with Crippen LogP contribution in [0.3, 0.4) is 0 Å². The summed E-state index contributed by atoms with van der Waals surface area (Å²) in [7, 11) is 0. The molecular weight excluding hydrogens is 260 g/mol. The van der Waals surface area contributed by atoms with Gasteiger partial charge in [0, 0.05) is 5.02 Å². The van der Waals surface area contributed by atoms with Crippen LogP contribution < -0.4 is 0 Å². The number of hydrogen-bond donors (Lipinski definition) is 0. The molecule has 0 N–H and O–H groups in total. The summed E-state index contributed by atoms with van der Waals surface area (Å²) in [4.78, 5) is 12.0. The van der Waals surface area contributed by atoms with Crippen molar-refractivity contribution in [1.82, 2.24) is 0 Å². The Morgan fingerprint density at radius 2 is 2.05 bits per heavy atom. The minimum absolute atomic E-state index is 0.160. The molecule has 0 amide bonds. The minimum Gasteiger partial charge on any atom is -0.466 e. The molecule has 0 spiro atoms. The van der Waals surface area contributed by atoms with Crippen LogP contribution in [0.15, 0.2) is 42.0 Å². The van der Waals surface area contributed by atoms with Gasteiger partial charge in [0.1, 0.15) is 0 Å². The van der Waals surface area contributed by atoms with Crippen LogP contribution in [0.1, 0.15) is 25.8 Å². The number of ether oxygens (including phenoxy) is 1. The zero-order chi connectivity index (χ0) is 13.8. The molecule has 2 rings (SSSR count). The summed E-state index contributed by atoms with van der Waals surface area (Å²) in [6, 6.07) is 7.57. The van der Waals surface area contributed by atoms with E-state index in [-0.39, 0.29) is 11.9 Å². The molecule has 1 unspecified atom stereocenters. The van der Waals surface area contributed by atoms with Crippen LogP contribution in [0, 0.1) is 5.92 Å². The highest BCUT2D eigenvalue weighted by molar-refractivity contribution is 6.30. The molecule has 0 fully saturated rings. The highest BCUT2D eigenvalue weighted by Gasteiger charge is 2.26. The van der Waals surface area contributed by atoms with E-state index >= 15 is 0 Å². The first-order chi connectivity index (χ1) is 9.11. The van der Waals surface area contributed by atoms with Crippen LogP contribution in [0.4, 0.5) is 0 Å². The summed E-state index contributed by atoms with van der Waals surface area (Å²) in [5, 5.41) is 0.695. The van der Waals surface area contributed by atoms with Crippen LogP contribution in [0.5, 0.6) is 0 Å². The molecule has 100 valence electrons. The highest BCUT2D eigenvalue weighted by atomic mass is 35.5. The van der Waals surface area contributed by atoms with Crippen LogP contribution in [0.25, 0.3) is 5.57 Å². The summed E-state index contributed by atoms with van der Waals surface area (Å²) in [5.74, 6) is -0.378. The van der Waals surface area contributed by atoms with Gasteiger partial charge < -0.3 is 4.74 Å². The summed E-state index contributed by atoms with van der Waals surface area (Å²) in [6.45, 7) is 4.27. The van der Waals surface area contributed by atoms with Crippen molar-refractivity contribution in [3.05, 3.63) is 52.6 Å². The van der Waals surface area contributed by atoms with Crippen LogP contribution in [-0.4, -0.2) is 12.6 Å². The maximum absolute atomic E-state index is 12.0. The molecule has 3 heteroatoms. The zero-order valence-electron chi connectivity index (χ0n) is 11.2. The van der Waals surface area contributed by atoms with E-state index in [1.54, 1.807) is 0 Å². The maximum atomic E-state index is 12.0. The topological polar surface area (TPSA) is 26.3 Å². The lowest BCUT2D eigenvalue weighted by Crippen LogP contribution is -2.20. The molecule has 1 aromatic rings. The van der Waals surface area contributed by atoms with Crippen LogP contribution >= 0.6 is 11.6 Å². The fourth-order valence-electron chi connectivity index (χ4n) is 2.23. The number of carbonyl (C=O) groups excluding carboxylic acids is 1. The first kappa shape index (κ1) is 13.9. The molecule has 2 nitrogen and oxygen atoms in total. The summed E-state index contributed by atoms with van der Waals surface area (Å²) in [6.07, 6.45) is 4.81. The molecule has 1 atom stereocenters. The molecule has 0 aliphatic heterocycles. The molecule has 0 saturated heterocycles. The van der Waals surface area contributed by atoms with Gasteiger partial charge in [-0.3, -0.25) is 4.79 Å². The Labute approximate surface area is 118 Å². The van der Waals surface area contributed by atoms with E-state index in [0.29, 0.717) is 18.1 Å². The average molecular weight is 277 g/mol. The van der Waals surface area contributed by atoms with Crippen molar-refractivity contribution in [1.29, 1.82) is 0 Å². The Morgan fingerprint density at radius 1 is 1.37 bits per heavy atom. The number of halogens is 1. The number of allylic oxidation sites excluding steroid dienone is 3. The van der Waals surface area contributed by atoms with E-state index in [9.17, 15) is 4.79 Å². The first-order valence-corrected chi connectivity index (χ1v) is 6.80. The predicted octanol–water partition coefficient (Wildman–Crippen LogP) is 4.25. The Hall–Kier alpha value is -1.54. The van der Waals surface area contributed by atoms with Crippen molar-refractivity contribution < 1.29 is 9.53 Å². The van der Waals surface area contributed by atoms with E-state index in [1.165, 1.54) is 5.57 Å². The number of benzene rings is 1. The van der Waals surface area contributed by atoms with Crippen molar-refractivity contribution in [3.8, 4) is 0 Å². The monoisotopic (exact) mass is 276 g/mol. The van der Waals surface area contributed by atoms with Gasteiger partial charge in [0.05, 0.1) is 12.5 Å². The van der Waals surface area contributed by atoms with Crippen molar-refractivity contribution in [2.75, 3.05) is 6.61 Å². The standard InChI is InChI=1S/C16H17ClO2/c1-3-19-16(18)14-9-4-11(2)10-15(14)12-5-7-13(17)8-6-12/h4-8,10,14H,3,9H2,1-2H3. The molecule has 0 aromatic heterocycles. The third-order valence-electron chi connectivity index (χ3n) is 3.18. The molecule has 0 heterocycles. The van der Waals surface area contributed by atoms with Gasteiger partial charge in [-0.1, -0.05) is 41.5 Å². The molecule has 0 bridgehead atoms. The third kappa shape index (κ3) is 3.27. The number of hydrogen-bond acceptors (Lipinski definition) is 2. The average Bonchev–Trinajstić information content (AvgIpc) is 2.39. The Morgan fingerprint density at radius 3 is 2.68 bits per heavy atom. The molecule has 0 radical (unpaired) electrons. The highest BCUT2D eigenvalue weighted by Crippen LogP contribution is 2.33. The van der Waals surface area contributed by atoms with E-state index < -0.39 is 0 Å². The smallest absolute Gasteiger partial charge is 0.313 e. The molecular formula is C16H17ClO2. The van der Waals surface area contributed by atoms with Crippen molar-refractivity contribution in [2.24, 2.45) is 5.92 Å². The van der Waals surface area contributed by atoms with Crippen molar-refractivity contribution >= 4 is 23.1 Å². The predicted molar refractivity (Wildman–Crippen MR) is 77.9 cm³/mol. The largest absolute Gasteiger partial charge is 0.466 e. The Bertz CT molecular complexity index is 526. The second-order valence-electron chi connectivity index (χ2n) is 4.60. The zero-order valence-corrected chi connectivity index (χ0v) is 11.9. The molecule has 1 aromatic carbocycles. The van der Waals surface area contributed by atoms with Gasteiger partial charge in [0.15, 0.2) is 0 Å². The Balaban J connectivity index is 2.34. The third-order valence-corrected chi connectivity index (χ3v) is 3.43. The summed E-state index contributed by atoms with van der Waals surface area (Å²) >= 11 is 5.91. The first-order valence-electron chi connectivity index (χ1n) is 6.42. The lowest BCUT2D eigenvalue weighted by atomic mass is 9.84. The van der Waals surface area contributed by atoms with Gasteiger partial charge in [0.25, 0.3) is 0 Å². The SMILES string of the molecule is CCOC(=O)C1CC=C(C)C=C1c1ccc(Cl)cc1. The van der Waals surface area contributed by atoms with Gasteiger partial charge in [-0.05, 0) is 43.5 Å². The van der Waals surface area contributed by atoms with Gasteiger partial charge in [-0.2, -0.15) is 0 Å². The number of rotatable bonds is 3. The molecule has 1 aliphatic carbocycles. The van der Waals surface area contributed by atoms with Gasteiger partial charge in [-0.15, -0.1) is 0 Å². The van der Waals surface area contributed by atoms with Gasteiger partial charge >= 0.3 is 5.97 Å². The lowest BCUT2D eigenvalue weighted by Gasteiger charge is -2.22. The van der Waals surface area contributed by atoms with Crippen molar-refractivity contribution in [3.63, 3.8) is 0 Å². The normalized spacial score (nSPS) is 18.6. The summed E-state index contributed by atoms with van der Waals surface area (Å²) in [5.41, 5.74) is 3.20. The lowest BCUT2D eigenvalue weighted by molar-refractivity contribution is -0.145. The fourth-order valence-corrected chi connectivity index (χ4v) is 2.35. The minimum atomic E-state index is -0.218. The maximum Gasteiger partial charge on any atom is 0.313 e. The molecule has 1 aliphatic rings. The van der Waals surface area contributed by atoms with Gasteiger partial charge in [-0.25, -0.2) is 0 Å². The number of carbonyl (C=O) groups is 1. The fraction of sp³-hybridized carbons (Fsp3) is 0.312. The van der Waals surface area contributed by atoms with Gasteiger partial charge in [0.2, 0.25) is 0 Å². The quantitative estimate of drug-likeness (QED) is 0.772. The molecule has 19 heavy (non-hydrogen) atoms. The van der Waals surface area contributed by atoms with E-state index in [4.69, 9.17) is 16.3 Å². The van der Waals surface area contributed by atoms with E-state index in [2.05, 4.69) is 6.08 Å². The number of esters is 1. The van der Waals surface area contributed by atoms with Crippen molar-refractivity contribution in [2.45, 2.75) is 20.3 Å².